The standard InChI is InChI=1S/C25H18N4/c1-29-24-5-3-2-4-23(24)28-25(29)19-9-8-17-10-20-12-18(22(14-26)15-27)7-6-16(20)11-21(17)13-19/h2-14H,26H2,1H3. The fourth-order valence-corrected chi connectivity index (χ4v) is 3.91. The third kappa shape index (κ3) is 2.72. The number of aromatic nitrogens is 2. The number of hydrogen-bond donors (Lipinski definition) is 1. The molecule has 0 aliphatic carbocycles. The van der Waals surface area contributed by atoms with E-state index in [9.17, 15) is 5.26 Å². The molecule has 0 saturated carbocycles. The number of hydrogen-bond acceptors (Lipinski definition) is 3. The summed E-state index contributed by atoms with van der Waals surface area (Å²) < 4.78 is 2.13. The molecule has 2 N–H and O–H groups in total. The number of nitrogens with zero attached hydrogens (tertiary/aromatic N) is 3. The van der Waals surface area contributed by atoms with Crippen LogP contribution in [0.5, 0.6) is 0 Å². The van der Waals surface area contributed by atoms with Gasteiger partial charge in [0, 0.05) is 18.8 Å². The van der Waals surface area contributed by atoms with Crippen LogP contribution in [0.25, 0.3) is 49.5 Å². The first kappa shape index (κ1) is 17.0. The Morgan fingerprint density at radius 3 is 2.38 bits per heavy atom. The largest absolute Gasteiger partial charge is 0.404 e. The Bertz CT molecular complexity index is 1480. The van der Waals surface area contributed by atoms with Gasteiger partial charge in [0.1, 0.15) is 11.9 Å². The average molecular weight is 374 g/mol. The van der Waals surface area contributed by atoms with E-state index in [1.54, 1.807) is 0 Å². The zero-order valence-electron chi connectivity index (χ0n) is 15.9. The van der Waals surface area contributed by atoms with Gasteiger partial charge in [-0.2, -0.15) is 5.26 Å². The van der Waals surface area contributed by atoms with Crippen molar-refractivity contribution in [2.45, 2.75) is 0 Å². The molecule has 0 aliphatic rings. The van der Waals surface area contributed by atoms with E-state index < -0.39 is 0 Å². The van der Waals surface area contributed by atoms with Crippen molar-refractivity contribution in [2.24, 2.45) is 12.8 Å². The van der Waals surface area contributed by atoms with Crippen LogP contribution in [0.4, 0.5) is 0 Å². The highest BCUT2D eigenvalue weighted by molar-refractivity contribution is 6.01. The number of benzene rings is 4. The van der Waals surface area contributed by atoms with Gasteiger partial charge in [-0.1, -0.05) is 36.4 Å². The second kappa shape index (κ2) is 6.50. The van der Waals surface area contributed by atoms with Crippen molar-refractivity contribution in [1.29, 1.82) is 5.26 Å². The first-order valence-electron chi connectivity index (χ1n) is 9.40. The zero-order chi connectivity index (χ0) is 20.0. The van der Waals surface area contributed by atoms with E-state index in [1.165, 1.54) is 6.20 Å². The first-order valence-corrected chi connectivity index (χ1v) is 9.40. The van der Waals surface area contributed by atoms with Crippen molar-refractivity contribution in [3.63, 3.8) is 0 Å². The number of nitriles is 1. The van der Waals surface area contributed by atoms with Crippen LogP contribution < -0.4 is 5.73 Å². The molecule has 0 fully saturated rings. The van der Waals surface area contributed by atoms with Crippen LogP contribution in [0.1, 0.15) is 5.56 Å². The van der Waals surface area contributed by atoms with E-state index in [4.69, 9.17) is 10.7 Å². The summed E-state index contributed by atoms with van der Waals surface area (Å²) in [5.74, 6) is 0.954. The normalized spacial score (nSPS) is 11.9. The third-order valence-electron chi connectivity index (χ3n) is 5.44. The minimum Gasteiger partial charge on any atom is -0.404 e. The van der Waals surface area contributed by atoms with Gasteiger partial charge in [0.15, 0.2) is 0 Å². The molecular formula is C25H18N4. The number of imidazole rings is 1. The monoisotopic (exact) mass is 374 g/mol. The Morgan fingerprint density at radius 1 is 0.931 bits per heavy atom. The molecule has 0 spiro atoms. The van der Waals surface area contributed by atoms with Gasteiger partial charge < -0.3 is 10.3 Å². The van der Waals surface area contributed by atoms with Gasteiger partial charge in [0.2, 0.25) is 0 Å². The minimum absolute atomic E-state index is 0.476. The van der Waals surface area contributed by atoms with Crippen molar-refractivity contribution in [1.82, 2.24) is 9.55 Å². The summed E-state index contributed by atoms with van der Waals surface area (Å²) in [6, 6.07) is 27.0. The maximum Gasteiger partial charge on any atom is 0.140 e. The van der Waals surface area contributed by atoms with Gasteiger partial charge in [-0.15, -0.1) is 0 Å². The third-order valence-corrected chi connectivity index (χ3v) is 5.44. The van der Waals surface area contributed by atoms with Gasteiger partial charge in [0.05, 0.1) is 16.6 Å². The minimum atomic E-state index is 0.476. The summed E-state index contributed by atoms with van der Waals surface area (Å²) in [5.41, 5.74) is 10.1. The molecule has 0 amide bonds. The predicted molar refractivity (Wildman–Crippen MR) is 119 cm³/mol. The van der Waals surface area contributed by atoms with E-state index in [0.29, 0.717) is 5.57 Å². The van der Waals surface area contributed by atoms with Gasteiger partial charge in [-0.05, 0) is 63.5 Å². The molecule has 29 heavy (non-hydrogen) atoms. The molecule has 0 bridgehead atoms. The number of nitrogens with two attached hydrogens (primary N) is 1. The number of fused-ring (bicyclic) bond motifs is 3. The van der Waals surface area contributed by atoms with E-state index in [1.807, 2.05) is 36.4 Å². The fraction of sp³-hybridized carbons (Fsp3) is 0.0400. The second-order valence-corrected chi connectivity index (χ2v) is 7.15. The van der Waals surface area contributed by atoms with Gasteiger partial charge in [-0.3, -0.25) is 0 Å². The highest BCUT2D eigenvalue weighted by Gasteiger charge is 2.10. The molecular weight excluding hydrogens is 356 g/mol. The summed E-state index contributed by atoms with van der Waals surface area (Å²) >= 11 is 0. The first-order chi connectivity index (χ1) is 14.2. The van der Waals surface area contributed by atoms with Crippen molar-refractivity contribution in [3.8, 4) is 17.5 Å². The quantitative estimate of drug-likeness (QED) is 0.334. The molecule has 1 heterocycles. The maximum atomic E-state index is 9.23. The molecule has 0 unspecified atom stereocenters. The SMILES string of the molecule is Cn1c(-c2ccc3cc4cc(C(C#N)=CN)ccc4cc3c2)nc2ccccc21. The highest BCUT2D eigenvalue weighted by atomic mass is 15.1. The van der Waals surface area contributed by atoms with Crippen molar-refractivity contribution >= 4 is 38.2 Å². The molecule has 4 nitrogen and oxygen atoms in total. The van der Waals surface area contributed by atoms with E-state index in [0.717, 1.165) is 49.5 Å². The van der Waals surface area contributed by atoms with Crippen molar-refractivity contribution in [2.75, 3.05) is 0 Å². The van der Waals surface area contributed by atoms with Crippen molar-refractivity contribution < 1.29 is 0 Å². The lowest BCUT2D eigenvalue weighted by molar-refractivity contribution is 0.960. The molecule has 0 atom stereocenters. The number of para-hydroxylation sites is 2. The molecule has 1 aromatic heterocycles. The lowest BCUT2D eigenvalue weighted by Crippen LogP contribution is -1.92. The second-order valence-electron chi connectivity index (χ2n) is 7.15. The average Bonchev–Trinajstić information content (AvgIpc) is 3.09. The van der Waals surface area contributed by atoms with Crippen LogP contribution in [-0.4, -0.2) is 9.55 Å². The molecule has 4 heteroatoms. The van der Waals surface area contributed by atoms with E-state index in [2.05, 4.69) is 54.1 Å². The zero-order valence-corrected chi connectivity index (χ0v) is 15.9. The molecule has 0 aliphatic heterocycles. The lowest BCUT2D eigenvalue weighted by atomic mass is 9.98. The topological polar surface area (TPSA) is 67.6 Å². The van der Waals surface area contributed by atoms with Crippen LogP contribution in [-0.2, 0) is 7.05 Å². The molecule has 5 rings (SSSR count). The van der Waals surface area contributed by atoms with Crippen LogP contribution in [0, 0.1) is 11.3 Å². The van der Waals surface area contributed by atoms with Gasteiger partial charge in [0.25, 0.3) is 0 Å². The Hall–Kier alpha value is -4.10. The van der Waals surface area contributed by atoms with Crippen LogP contribution in [0.3, 0.4) is 0 Å². The number of rotatable bonds is 2. The summed E-state index contributed by atoms with van der Waals surface area (Å²) in [4.78, 5) is 4.82. The summed E-state index contributed by atoms with van der Waals surface area (Å²) in [5, 5.41) is 13.7. The lowest BCUT2D eigenvalue weighted by Gasteiger charge is -2.08. The predicted octanol–water partition coefficient (Wildman–Crippen LogP) is 5.37. The van der Waals surface area contributed by atoms with Gasteiger partial charge >= 0.3 is 0 Å². The Morgan fingerprint density at radius 2 is 1.66 bits per heavy atom. The van der Waals surface area contributed by atoms with Crippen LogP contribution in [0.2, 0.25) is 0 Å². The molecule has 0 saturated heterocycles. The van der Waals surface area contributed by atoms with Gasteiger partial charge in [-0.25, -0.2) is 4.98 Å². The molecule has 0 radical (unpaired) electrons. The maximum absolute atomic E-state index is 9.23. The van der Waals surface area contributed by atoms with E-state index in [-0.39, 0.29) is 0 Å². The Labute approximate surface area is 168 Å². The number of allylic oxidation sites excluding steroid dienone is 1. The Kier molecular flexibility index (Phi) is 3.82. The van der Waals surface area contributed by atoms with E-state index >= 15 is 0 Å². The number of aryl methyl sites for hydroxylation is 1. The molecule has 138 valence electrons. The highest BCUT2D eigenvalue weighted by Crippen LogP contribution is 2.30. The van der Waals surface area contributed by atoms with Crippen LogP contribution in [0.15, 0.2) is 79.0 Å². The Balaban J connectivity index is 1.67. The summed E-state index contributed by atoms with van der Waals surface area (Å²) in [6.45, 7) is 0. The van der Waals surface area contributed by atoms with Crippen LogP contribution >= 0.6 is 0 Å². The summed E-state index contributed by atoms with van der Waals surface area (Å²) in [6.07, 6.45) is 1.35. The molecule has 5 aromatic rings. The smallest absolute Gasteiger partial charge is 0.140 e. The molecule has 4 aromatic carbocycles. The fourth-order valence-electron chi connectivity index (χ4n) is 3.91. The van der Waals surface area contributed by atoms with Crippen molar-refractivity contribution in [3.05, 3.63) is 84.6 Å². The summed E-state index contributed by atoms with van der Waals surface area (Å²) in [7, 11) is 2.05.